The lowest BCUT2D eigenvalue weighted by molar-refractivity contribution is 0.140. The first kappa shape index (κ1) is 16.9. The Bertz CT molecular complexity index is 832. The molecule has 0 bridgehead atoms. The van der Waals surface area contributed by atoms with E-state index < -0.39 is 0 Å². The lowest BCUT2D eigenvalue weighted by Gasteiger charge is -2.36. The third kappa shape index (κ3) is 3.81. The Morgan fingerprint density at radius 2 is 1.88 bits per heavy atom. The Morgan fingerprint density at radius 3 is 2.62 bits per heavy atom. The summed E-state index contributed by atoms with van der Waals surface area (Å²) in [5, 5.41) is 0. The molecule has 4 heteroatoms. The van der Waals surface area contributed by atoms with Gasteiger partial charge in [-0.15, -0.1) is 0 Å². The van der Waals surface area contributed by atoms with Crippen LogP contribution >= 0.6 is 0 Å². The molecule has 0 saturated carbocycles. The van der Waals surface area contributed by atoms with Crippen molar-refractivity contribution in [2.75, 3.05) is 6.54 Å². The van der Waals surface area contributed by atoms with Crippen molar-refractivity contribution in [2.45, 2.75) is 31.8 Å². The normalized spacial score (nSPS) is 18.0. The maximum atomic E-state index is 13.1. The van der Waals surface area contributed by atoms with Gasteiger partial charge < -0.3 is 0 Å². The van der Waals surface area contributed by atoms with Crippen LogP contribution in [0, 0.1) is 5.82 Å². The molecule has 0 amide bonds. The van der Waals surface area contributed by atoms with Gasteiger partial charge in [-0.25, -0.2) is 4.39 Å². The van der Waals surface area contributed by atoms with E-state index in [2.05, 4.69) is 27.0 Å². The zero-order valence-corrected chi connectivity index (χ0v) is 14.7. The number of likely N-dealkylation sites (tertiary alicyclic amines) is 1. The molecule has 3 nitrogen and oxygen atoms in total. The second-order valence-electron chi connectivity index (χ2n) is 6.83. The molecular weight excluding hydrogens is 325 g/mol. The minimum Gasteiger partial charge on any atom is -0.292 e. The van der Waals surface area contributed by atoms with E-state index in [1.54, 1.807) is 12.1 Å². The summed E-state index contributed by atoms with van der Waals surface area (Å²) in [4.78, 5) is 11.4. The fraction of sp³-hybridized carbons (Fsp3) is 0.273. The van der Waals surface area contributed by atoms with E-state index >= 15 is 0 Å². The lowest BCUT2D eigenvalue weighted by Crippen LogP contribution is -2.33. The molecule has 0 aliphatic carbocycles. The maximum Gasteiger partial charge on any atom is 0.123 e. The van der Waals surface area contributed by atoms with Crippen LogP contribution in [0.3, 0.4) is 0 Å². The fourth-order valence-electron chi connectivity index (χ4n) is 3.68. The zero-order valence-electron chi connectivity index (χ0n) is 14.7. The largest absolute Gasteiger partial charge is 0.292 e. The molecule has 3 aromatic rings. The molecule has 1 saturated heterocycles. The topological polar surface area (TPSA) is 29.0 Å². The van der Waals surface area contributed by atoms with Crippen LogP contribution < -0.4 is 0 Å². The summed E-state index contributed by atoms with van der Waals surface area (Å²) in [6, 6.07) is 15.2. The minimum absolute atomic E-state index is 0.224. The van der Waals surface area contributed by atoms with Gasteiger partial charge in [-0.05, 0) is 66.9 Å². The van der Waals surface area contributed by atoms with E-state index in [1.165, 1.54) is 36.1 Å². The first-order valence-corrected chi connectivity index (χ1v) is 9.14. The first-order valence-electron chi connectivity index (χ1n) is 9.14. The zero-order chi connectivity index (χ0) is 17.8. The van der Waals surface area contributed by atoms with Crippen LogP contribution in [0.4, 0.5) is 4.39 Å². The summed E-state index contributed by atoms with van der Waals surface area (Å²) in [6.07, 6.45) is 9.37. The van der Waals surface area contributed by atoms with Crippen molar-refractivity contribution in [3.63, 3.8) is 0 Å². The number of pyridine rings is 2. The molecule has 1 fully saturated rings. The second kappa shape index (κ2) is 7.75. The minimum atomic E-state index is -0.224. The van der Waals surface area contributed by atoms with Crippen molar-refractivity contribution >= 4 is 0 Å². The molecule has 4 rings (SSSR count). The highest BCUT2D eigenvalue weighted by Crippen LogP contribution is 2.32. The SMILES string of the molecule is Fc1ccc(-c2ccc([C@H]3CCCCN3Cc3cccnc3)cn2)cc1. The van der Waals surface area contributed by atoms with Gasteiger partial charge in [0.1, 0.15) is 5.82 Å². The molecule has 2 aromatic heterocycles. The molecule has 1 atom stereocenters. The van der Waals surface area contributed by atoms with Gasteiger partial charge in [0.25, 0.3) is 0 Å². The highest BCUT2D eigenvalue weighted by Gasteiger charge is 2.24. The number of hydrogen-bond donors (Lipinski definition) is 0. The molecule has 0 spiro atoms. The van der Waals surface area contributed by atoms with Gasteiger partial charge in [0.15, 0.2) is 0 Å². The Labute approximate surface area is 153 Å². The van der Waals surface area contributed by atoms with Crippen LogP contribution in [0.5, 0.6) is 0 Å². The number of rotatable bonds is 4. The number of piperidine rings is 1. The number of hydrogen-bond acceptors (Lipinski definition) is 3. The van der Waals surface area contributed by atoms with Crippen molar-refractivity contribution < 1.29 is 4.39 Å². The van der Waals surface area contributed by atoms with E-state index in [9.17, 15) is 4.39 Å². The van der Waals surface area contributed by atoms with E-state index in [0.29, 0.717) is 6.04 Å². The summed E-state index contributed by atoms with van der Waals surface area (Å²) in [7, 11) is 0. The quantitative estimate of drug-likeness (QED) is 0.664. The Kier molecular flexibility index (Phi) is 5.02. The standard InChI is InChI=1S/C22H22FN3/c23-20-9-6-18(7-10-20)21-11-8-19(15-25-21)22-5-1-2-13-26(22)16-17-4-3-12-24-14-17/h3-4,6-12,14-15,22H,1-2,5,13,16H2/t22-/m1/s1. The predicted octanol–water partition coefficient (Wildman–Crippen LogP) is 5.01. The van der Waals surface area contributed by atoms with Crippen molar-refractivity contribution in [2.24, 2.45) is 0 Å². The molecule has 3 heterocycles. The molecule has 132 valence electrons. The van der Waals surface area contributed by atoms with Crippen molar-refractivity contribution in [3.05, 3.63) is 84.1 Å². The Morgan fingerprint density at radius 1 is 1.00 bits per heavy atom. The molecule has 0 N–H and O–H groups in total. The Balaban J connectivity index is 1.53. The van der Waals surface area contributed by atoms with Crippen LogP contribution in [0.2, 0.25) is 0 Å². The van der Waals surface area contributed by atoms with Crippen LogP contribution in [0.25, 0.3) is 11.3 Å². The summed E-state index contributed by atoms with van der Waals surface area (Å²) in [5.41, 5.74) is 4.31. The molecule has 0 radical (unpaired) electrons. The van der Waals surface area contributed by atoms with Gasteiger partial charge in [0, 0.05) is 36.7 Å². The van der Waals surface area contributed by atoms with E-state index in [-0.39, 0.29) is 5.82 Å². The van der Waals surface area contributed by atoms with Gasteiger partial charge in [0.05, 0.1) is 5.69 Å². The summed E-state index contributed by atoms with van der Waals surface area (Å²) in [6.45, 7) is 2.01. The van der Waals surface area contributed by atoms with Gasteiger partial charge in [-0.3, -0.25) is 14.9 Å². The molecule has 0 unspecified atom stereocenters. The molecule has 1 aliphatic rings. The highest BCUT2D eigenvalue weighted by molar-refractivity contribution is 5.58. The van der Waals surface area contributed by atoms with E-state index in [1.807, 2.05) is 30.7 Å². The van der Waals surface area contributed by atoms with Gasteiger partial charge in [0.2, 0.25) is 0 Å². The number of nitrogens with zero attached hydrogens (tertiary/aromatic N) is 3. The first-order chi connectivity index (χ1) is 12.8. The average molecular weight is 347 g/mol. The van der Waals surface area contributed by atoms with Gasteiger partial charge in [-0.2, -0.15) is 0 Å². The summed E-state index contributed by atoms with van der Waals surface area (Å²) < 4.78 is 13.1. The Hall–Kier alpha value is -2.59. The molecule has 1 aliphatic heterocycles. The summed E-state index contributed by atoms with van der Waals surface area (Å²) >= 11 is 0. The highest BCUT2D eigenvalue weighted by atomic mass is 19.1. The second-order valence-corrected chi connectivity index (χ2v) is 6.83. The van der Waals surface area contributed by atoms with Crippen molar-refractivity contribution in [3.8, 4) is 11.3 Å². The summed E-state index contributed by atoms with van der Waals surface area (Å²) in [5.74, 6) is -0.224. The van der Waals surface area contributed by atoms with E-state index in [4.69, 9.17) is 0 Å². The number of benzene rings is 1. The fourth-order valence-corrected chi connectivity index (χ4v) is 3.68. The van der Waals surface area contributed by atoms with Crippen LogP contribution in [-0.4, -0.2) is 21.4 Å². The van der Waals surface area contributed by atoms with Crippen molar-refractivity contribution in [1.82, 2.24) is 14.9 Å². The van der Waals surface area contributed by atoms with E-state index in [0.717, 1.165) is 30.8 Å². The maximum absolute atomic E-state index is 13.1. The average Bonchev–Trinajstić information content (AvgIpc) is 2.70. The van der Waals surface area contributed by atoms with Crippen molar-refractivity contribution in [1.29, 1.82) is 0 Å². The van der Waals surface area contributed by atoms with Crippen LogP contribution in [0.15, 0.2) is 67.1 Å². The lowest BCUT2D eigenvalue weighted by atomic mass is 9.95. The third-order valence-electron chi connectivity index (χ3n) is 5.03. The van der Waals surface area contributed by atoms with Gasteiger partial charge in [-0.1, -0.05) is 18.6 Å². The number of halogens is 1. The monoisotopic (exact) mass is 347 g/mol. The molecule has 26 heavy (non-hydrogen) atoms. The predicted molar refractivity (Wildman–Crippen MR) is 101 cm³/mol. The van der Waals surface area contributed by atoms with Crippen LogP contribution in [-0.2, 0) is 6.54 Å². The van der Waals surface area contributed by atoms with Gasteiger partial charge >= 0.3 is 0 Å². The molecular formula is C22H22FN3. The number of aromatic nitrogens is 2. The molecule has 1 aromatic carbocycles. The third-order valence-corrected chi connectivity index (χ3v) is 5.03. The van der Waals surface area contributed by atoms with Crippen LogP contribution in [0.1, 0.15) is 36.4 Å². The smallest absolute Gasteiger partial charge is 0.123 e.